The molecular weight excluding hydrogens is 275 g/mol. The lowest BCUT2D eigenvalue weighted by molar-refractivity contribution is 0.108. The van der Waals surface area contributed by atoms with E-state index in [4.69, 9.17) is 0 Å². The summed E-state index contributed by atoms with van der Waals surface area (Å²) in [4.78, 5) is 11.9. The maximum absolute atomic E-state index is 14.0. The summed E-state index contributed by atoms with van der Waals surface area (Å²) in [7, 11) is 0. The molecule has 2 aromatic rings. The number of phenols is 1. The number of halogens is 1. The summed E-state index contributed by atoms with van der Waals surface area (Å²) in [5, 5.41) is 9.56. The molecule has 104 valence electrons. The number of benzene rings is 2. The van der Waals surface area contributed by atoms with Crippen LogP contribution in [0.5, 0.6) is 5.75 Å². The summed E-state index contributed by atoms with van der Waals surface area (Å²) in [5.74, 6) is 0.214. The lowest BCUT2D eigenvalue weighted by Crippen LogP contribution is -1.96. The minimum Gasteiger partial charge on any atom is -0.507 e. The maximum Gasteiger partial charge on any atom is 0.223 e. The number of aryl methyl sites for hydroxylation is 1. The zero-order valence-electron chi connectivity index (χ0n) is 11.3. The molecule has 0 amide bonds. The highest BCUT2D eigenvalue weighted by Crippen LogP contribution is 2.30. The summed E-state index contributed by atoms with van der Waals surface area (Å²) in [6.45, 7) is 3.68. The van der Waals surface area contributed by atoms with Crippen LogP contribution < -0.4 is 0 Å². The van der Waals surface area contributed by atoms with Crippen molar-refractivity contribution in [2.24, 2.45) is 0 Å². The van der Waals surface area contributed by atoms with Crippen molar-refractivity contribution in [3.05, 3.63) is 53.3 Å². The highest BCUT2D eigenvalue weighted by molar-refractivity contribution is 8.14. The molecule has 2 aromatic carbocycles. The van der Waals surface area contributed by atoms with E-state index in [9.17, 15) is 14.3 Å². The Balaban J connectivity index is 2.48. The molecule has 0 radical (unpaired) electrons. The van der Waals surface area contributed by atoms with Crippen LogP contribution in [-0.4, -0.2) is 16.0 Å². The standard InChI is InChI=1S/C16H15FO2S/c1-3-20-16(19)13-9-11(5-7-15(13)18)12-6-4-10(2)8-14(12)17/h4-9,18H,3H2,1-2H3. The van der Waals surface area contributed by atoms with Gasteiger partial charge >= 0.3 is 0 Å². The van der Waals surface area contributed by atoms with Crippen molar-refractivity contribution < 1.29 is 14.3 Å². The first kappa shape index (κ1) is 14.6. The van der Waals surface area contributed by atoms with Gasteiger partial charge in [0.2, 0.25) is 5.12 Å². The number of hydrogen-bond donors (Lipinski definition) is 1. The number of thioether (sulfide) groups is 1. The van der Waals surface area contributed by atoms with E-state index in [0.717, 1.165) is 17.3 Å². The quantitative estimate of drug-likeness (QED) is 0.910. The second-order valence-electron chi connectivity index (χ2n) is 4.44. The molecule has 0 aliphatic carbocycles. The van der Waals surface area contributed by atoms with Crippen molar-refractivity contribution in [1.82, 2.24) is 0 Å². The van der Waals surface area contributed by atoms with E-state index in [1.165, 1.54) is 18.2 Å². The first-order chi connectivity index (χ1) is 9.52. The van der Waals surface area contributed by atoms with Crippen molar-refractivity contribution in [2.75, 3.05) is 5.75 Å². The van der Waals surface area contributed by atoms with Crippen LogP contribution >= 0.6 is 11.8 Å². The lowest BCUT2D eigenvalue weighted by Gasteiger charge is -2.08. The van der Waals surface area contributed by atoms with Gasteiger partial charge in [-0.05, 0) is 42.0 Å². The van der Waals surface area contributed by atoms with Gasteiger partial charge < -0.3 is 5.11 Å². The van der Waals surface area contributed by atoms with E-state index in [2.05, 4.69) is 0 Å². The topological polar surface area (TPSA) is 37.3 Å². The lowest BCUT2D eigenvalue weighted by atomic mass is 10.0. The fraction of sp³-hybridized carbons (Fsp3) is 0.188. The van der Waals surface area contributed by atoms with Gasteiger partial charge in [-0.2, -0.15) is 0 Å². The van der Waals surface area contributed by atoms with Gasteiger partial charge in [-0.3, -0.25) is 4.79 Å². The van der Waals surface area contributed by atoms with Crippen LogP contribution in [-0.2, 0) is 0 Å². The second kappa shape index (κ2) is 6.09. The van der Waals surface area contributed by atoms with E-state index >= 15 is 0 Å². The Labute approximate surface area is 121 Å². The van der Waals surface area contributed by atoms with Gasteiger partial charge in [0.25, 0.3) is 0 Å². The Kier molecular flexibility index (Phi) is 4.45. The Morgan fingerprint density at radius 1 is 1.25 bits per heavy atom. The monoisotopic (exact) mass is 290 g/mol. The van der Waals surface area contributed by atoms with Crippen LogP contribution in [0.2, 0.25) is 0 Å². The van der Waals surface area contributed by atoms with Crippen molar-refractivity contribution in [2.45, 2.75) is 13.8 Å². The zero-order valence-corrected chi connectivity index (χ0v) is 12.1. The molecule has 0 unspecified atom stereocenters. The molecular formula is C16H15FO2S. The maximum atomic E-state index is 14.0. The largest absolute Gasteiger partial charge is 0.507 e. The third-order valence-corrected chi connectivity index (χ3v) is 3.70. The van der Waals surface area contributed by atoms with Crippen LogP contribution in [0.3, 0.4) is 0 Å². The van der Waals surface area contributed by atoms with Gasteiger partial charge in [-0.25, -0.2) is 4.39 Å². The number of hydrogen-bond acceptors (Lipinski definition) is 3. The number of phenolic OH excluding ortho intramolecular Hbond substituents is 1. The van der Waals surface area contributed by atoms with Crippen molar-refractivity contribution in [3.63, 3.8) is 0 Å². The SMILES string of the molecule is CCSC(=O)c1cc(-c2ccc(C)cc2F)ccc1O. The van der Waals surface area contributed by atoms with E-state index in [1.807, 2.05) is 19.9 Å². The first-order valence-corrected chi connectivity index (χ1v) is 7.28. The Morgan fingerprint density at radius 2 is 2.00 bits per heavy atom. The molecule has 2 nitrogen and oxygen atoms in total. The van der Waals surface area contributed by atoms with Gasteiger partial charge in [0.1, 0.15) is 11.6 Å². The summed E-state index contributed by atoms with van der Waals surface area (Å²) in [5.41, 5.74) is 2.06. The molecule has 1 N–H and O–H groups in total. The fourth-order valence-corrected chi connectivity index (χ4v) is 2.51. The van der Waals surface area contributed by atoms with Crippen molar-refractivity contribution in [1.29, 1.82) is 0 Å². The number of carbonyl (C=O) groups excluding carboxylic acids is 1. The van der Waals surface area contributed by atoms with Crippen molar-refractivity contribution in [3.8, 4) is 16.9 Å². The van der Waals surface area contributed by atoms with Crippen LogP contribution in [0.15, 0.2) is 36.4 Å². The molecule has 20 heavy (non-hydrogen) atoms. The fourth-order valence-electron chi connectivity index (χ4n) is 1.93. The Morgan fingerprint density at radius 3 is 2.65 bits per heavy atom. The highest BCUT2D eigenvalue weighted by atomic mass is 32.2. The van der Waals surface area contributed by atoms with E-state index in [-0.39, 0.29) is 22.2 Å². The summed E-state index contributed by atoms with van der Waals surface area (Å²) in [6, 6.07) is 9.51. The molecule has 0 aliphatic rings. The third-order valence-electron chi connectivity index (χ3n) is 2.93. The minimum atomic E-state index is -0.336. The average Bonchev–Trinajstić information content (AvgIpc) is 2.40. The molecule has 0 heterocycles. The molecule has 0 saturated carbocycles. The molecule has 0 fully saturated rings. The smallest absolute Gasteiger partial charge is 0.223 e. The number of aromatic hydroxyl groups is 1. The predicted molar refractivity (Wildman–Crippen MR) is 80.7 cm³/mol. The molecule has 0 bridgehead atoms. The minimum absolute atomic E-state index is 0.0766. The highest BCUT2D eigenvalue weighted by Gasteiger charge is 2.14. The van der Waals surface area contributed by atoms with Crippen molar-refractivity contribution >= 4 is 16.9 Å². The van der Waals surface area contributed by atoms with E-state index in [1.54, 1.807) is 12.1 Å². The number of carbonyl (C=O) groups is 1. The van der Waals surface area contributed by atoms with Crippen LogP contribution in [0.1, 0.15) is 22.8 Å². The van der Waals surface area contributed by atoms with Gasteiger partial charge in [0, 0.05) is 5.56 Å². The van der Waals surface area contributed by atoms with Gasteiger partial charge in [0.05, 0.1) is 5.56 Å². The summed E-state index contributed by atoms with van der Waals surface area (Å²) >= 11 is 1.12. The zero-order chi connectivity index (χ0) is 14.7. The first-order valence-electron chi connectivity index (χ1n) is 6.29. The average molecular weight is 290 g/mol. The molecule has 4 heteroatoms. The molecule has 0 atom stereocenters. The van der Waals surface area contributed by atoms with E-state index in [0.29, 0.717) is 16.9 Å². The molecule has 0 aliphatic heterocycles. The molecule has 0 spiro atoms. The van der Waals surface area contributed by atoms with Gasteiger partial charge in [-0.1, -0.05) is 36.9 Å². The van der Waals surface area contributed by atoms with E-state index < -0.39 is 0 Å². The number of rotatable bonds is 3. The summed E-state index contributed by atoms with van der Waals surface area (Å²) < 4.78 is 14.0. The summed E-state index contributed by atoms with van der Waals surface area (Å²) in [6.07, 6.45) is 0. The second-order valence-corrected chi connectivity index (χ2v) is 5.67. The normalized spacial score (nSPS) is 10.6. The van der Waals surface area contributed by atoms with Gasteiger partial charge in [-0.15, -0.1) is 0 Å². The van der Waals surface area contributed by atoms with Gasteiger partial charge in [0.15, 0.2) is 0 Å². The molecule has 0 saturated heterocycles. The molecule has 2 rings (SSSR count). The third kappa shape index (κ3) is 3.02. The van der Waals surface area contributed by atoms with Crippen LogP contribution in [0.4, 0.5) is 4.39 Å². The van der Waals surface area contributed by atoms with Crippen LogP contribution in [0, 0.1) is 12.7 Å². The Hall–Kier alpha value is -1.81. The molecule has 0 aromatic heterocycles. The predicted octanol–water partition coefficient (Wildman–Crippen LogP) is 4.40. The Bertz CT molecular complexity index is 653. The van der Waals surface area contributed by atoms with Crippen LogP contribution in [0.25, 0.3) is 11.1 Å².